The van der Waals surface area contributed by atoms with Crippen LogP contribution in [0.15, 0.2) is 29.6 Å². The van der Waals surface area contributed by atoms with Gasteiger partial charge in [0.25, 0.3) is 5.91 Å². The number of carbonyl (C=O) groups is 2. The molecule has 1 aromatic carbocycles. The number of benzene rings is 1. The van der Waals surface area contributed by atoms with Crippen molar-refractivity contribution in [3.8, 4) is 16.3 Å². The number of rotatable bonds is 8. The number of aromatic nitrogens is 1. The zero-order valence-corrected chi connectivity index (χ0v) is 20.5. The fraction of sp³-hybridized carbons (Fsp3) is 0.542. The van der Waals surface area contributed by atoms with Crippen LogP contribution in [-0.2, 0) is 4.79 Å². The molecule has 32 heavy (non-hydrogen) atoms. The fourth-order valence-electron chi connectivity index (χ4n) is 4.21. The van der Waals surface area contributed by atoms with Crippen molar-refractivity contribution in [2.24, 2.45) is 11.3 Å². The molecule has 0 spiro atoms. The van der Waals surface area contributed by atoms with Crippen molar-refractivity contribution in [3.63, 3.8) is 0 Å². The van der Waals surface area contributed by atoms with E-state index in [0.29, 0.717) is 38.2 Å². The van der Waals surface area contributed by atoms with Crippen molar-refractivity contribution in [2.45, 2.75) is 26.7 Å². The van der Waals surface area contributed by atoms with Crippen molar-refractivity contribution in [3.05, 3.63) is 35.3 Å². The monoisotopic (exact) mass is 458 g/mol. The Balaban J connectivity index is 1.54. The van der Waals surface area contributed by atoms with E-state index in [2.05, 4.69) is 29.0 Å². The van der Waals surface area contributed by atoms with E-state index in [-0.39, 0.29) is 23.1 Å². The van der Waals surface area contributed by atoms with Gasteiger partial charge in [-0.1, -0.05) is 26.0 Å². The smallest absolute Gasteiger partial charge is 0.273 e. The first kappa shape index (κ1) is 24.2. The largest absolute Gasteiger partial charge is 0.496 e. The summed E-state index contributed by atoms with van der Waals surface area (Å²) in [5.74, 6) is 0.708. The van der Waals surface area contributed by atoms with Crippen molar-refractivity contribution >= 4 is 23.2 Å². The Labute approximate surface area is 194 Å². The lowest BCUT2D eigenvalue weighted by Gasteiger charge is -2.32. The van der Waals surface area contributed by atoms with Gasteiger partial charge in [-0.3, -0.25) is 9.59 Å². The van der Waals surface area contributed by atoms with Gasteiger partial charge >= 0.3 is 0 Å². The first-order chi connectivity index (χ1) is 15.2. The Bertz CT molecular complexity index is 933. The minimum absolute atomic E-state index is 0.0135. The predicted octanol–water partition coefficient (Wildman–Crippen LogP) is 3.37. The average Bonchev–Trinajstić information content (AvgIpc) is 3.26. The molecule has 3 rings (SSSR count). The Morgan fingerprint density at radius 1 is 1.25 bits per heavy atom. The summed E-state index contributed by atoms with van der Waals surface area (Å²) in [5.41, 5.74) is 1.34. The van der Waals surface area contributed by atoms with E-state index < -0.39 is 0 Å². The molecular formula is C24H34N4O3S. The minimum atomic E-state index is -0.0756. The zero-order valence-electron chi connectivity index (χ0n) is 19.7. The summed E-state index contributed by atoms with van der Waals surface area (Å²) in [5, 5.41) is 5.68. The maximum atomic E-state index is 13.0. The molecule has 2 aromatic rings. The van der Waals surface area contributed by atoms with Crippen LogP contribution in [0.1, 0.15) is 37.2 Å². The summed E-state index contributed by atoms with van der Waals surface area (Å²) in [7, 11) is 5.71. The molecule has 1 aromatic heterocycles. The molecule has 1 fully saturated rings. The van der Waals surface area contributed by atoms with Gasteiger partial charge in [0.1, 0.15) is 16.5 Å². The third-order valence-electron chi connectivity index (χ3n) is 5.70. The normalized spacial score (nSPS) is 15.1. The quantitative estimate of drug-likeness (QED) is 0.656. The number of piperidine rings is 1. The van der Waals surface area contributed by atoms with Gasteiger partial charge in [0, 0.05) is 37.5 Å². The molecule has 0 bridgehead atoms. The number of hydrogen-bond acceptors (Lipinski definition) is 6. The van der Waals surface area contributed by atoms with Gasteiger partial charge in [-0.15, -0.1) is 11.3 Å². The van der Waals surface area contributed by atoms with Crippen molar-refractivity contribution in [2.75, 3.05) is 47.4 Å². The maximum Gasteiger partial charge on any atom is 0.273 e. The second kappa shape index (κ2) is 10.4. The van der Waals surface area contributed by atoms with Crippen LogP contribution < -0.4 is 10.1 Å². The maximum absolute atomic E-state index is 13.0. The number of nitrogens with zero attached hydrogens (tertiary/aromatic N) is 3. The molecule has 0 radical (unpaired) electrons. The summed E-state index contributed by atoms with van der Waals surface area (Å²) < 4.78 is 5.41. The highest BCUT2D eigenvalue weighted by Crippen LogP contribution is 2.32. The Kier molecular flexibility index (Phi) is 7.90. The number of likely N-dealkylation sites (tertiary alicyclic amines) is 1. The number of ether oxygens (including phenoxy) is 1. The molecular weight excluding hydrogens is 424 g/mol. The van der Waals surface area contributed by atoms with Gasteiger partial charge in [-0.25, -0.2) is 4.98 Å². The van der Waals surface area contributed by atoms with Crippen LogP contribution in [0.4, 0.5) is 0 Å². The minimum Gasteiger partial charge on any atom is -0.496 e. The molecule has 0 atom stereocenters. The molecule has 1 saturated heterocycles. The Morgan fingerprint density at radius 2 is 1.94 bits per heavy atom. The number of carbonyl (C=O) groups excluding carboxylic acids is 2. The van der Waals surface area contributed by atoms with Gasteiger partial charge < -0.3 is 19.9 Å². The molecule has 174 valence electrons. The zero-order chi connectivity index (χ0) is 23.3. The van der Waals surface area contributed by atoms with Crippen LogP contribution in [0.5, 0.6) is 5.75 Å². The van der Waals surface area contributed by atoms with Crippen LogP contribution in [0.25, 0.3) is 10.6 Å². The summed E-state index contributed by atoms with van der Waals surface area (Å²) >= 11 is 1.44. The third kappa shape index (κ3) is 6.07. The number of amides is 2. The van der Waals surface area contributed by atoms with E-state index in [4.69, 9.17) is 4.74 Å². The lowest BCUT2D eigenvalue weighted by molar-refractivity contribution is -0.126. The van der Waals surface area contributed by atoms with Crippen LogP contribution in [0.2, 0.25) is 0 Å². The Hall–Kier alpha value is -2.45. The summed E-state index contributed by atoms with van der Waals surface area (Å²) in [4.78, 5) is 34.1. The van der Waals surface area contributed by atoms with E-state index in [1.54, 1.807) is 17.4 Å². The number of para-hydroxylation sites is 1. The SMILES string of the molecule is COc1ccccc1-c1nc(C(=O)N2CCC(C(=O)NCC(C)(C)CN(C)C)CC2)cs1. The standard InChI is InChI=1S/C24H34N4O3S/c1-24(2,16-27(3)4)15-25-21(29)17-10-12-28(13-11-17)23(30)19-14-32-22(26-19)18-8-6-7-9-20(18)31-5/h6-9,14,17H,10-13,15-16H2,1-5H3,(H,25,29). The van der Waals surface area contributed by atoms with Gasteiger partial charge in [0.15, 0.2) is 0 Å². The number of thiazole rings is 1. The number of hydrogen-bond donors (Lipinski definition) is 1. The molecule has 1 aliphatic rings. The third-order valence-corrected chi connectivity index (χ3v) is 6.57. The summed E-state index contributed by atoms with van der Waals surface area (Å²) in [6, 6.07) is 7.66. The highest BCUT2D eigenvalue weighted by Gasteiger charge is 2.30. The summed E-state index contributed by atoms with van der Waals surface area (Å²) in [6.07, 6.45) is 1.35. The molecule has 7 nitrogen and oxygen atoms in total. The van der Waals surface area contributed by atoms with Gasteiger partial charge in [0.2, 0.25) is 5.91 Å². The Morgan fingerprint density at radius 3 is 2.59 bits per heavy atom. The molecule has 1 aliphatic heterocycles. The van der Waals surface area contributed by atoms with Crippen LogP contribution >= 0.6 is 11.3 Å². The second-order valence-electron chi connectivity index (χ2n) is 9.42. The lowest BCUT2D eigenvalue weighted by atomic mass is 9.91. The van der Waals surface area contributed by atoms with Crippen molar-refractivity contribution in [1.82, 2.24) is 20.1 Å². The predicted molar refractivity (Wildman–Crippen MR) is 128 cm³/mol. The van der Waals surface area contributed by atoms with Crippen molar-refractivity contribution < 1.29 is 14.3 Å². The van der Waals surface area contributed by atoms with E-state index in [1.807, 2.05) is 38.4 Å². The summed E-state index contributed by atoms with van der Waals surface area (Å²) in [6.45, 7) is 7.00. The van der Waals surface area contributed by atoms with Crippen LogP contribution in [-0.4, -0.2) is 74.0 Å². The van der Waals surface area contributed by atoms with Gasteiger partial charge in [-0.2, -0.15) is 0 Å². The van der Waals surface area contributed by atoms with Crippen LogP contribution in [0, 0.1) is 11.3 Å². The highest BCUT2D eigenvalue weighted by molar-refractivity contribution is 7.13. The molecule has 8 heteroatoms. The van der Waals surface area contributed by atoms with E-state index in [1.165, 1.54) is 11.3 Å². The number of nitrogens with one attached hydrogen (secondary N) is 1. The first-order valence-electron chi connectivity index (χ1n) is 11.0. The molecule has 0 unspecified atom stereocenters. The highest BCUT2D eigenvalue weighted by atomic mass is 32.1. The van der Waals surface area contributed by atoms with Crippen LogP contribution in [0.3, 0.4) is 0 Å². The number of methoxy groups -OCH3 is 1. The second-order valence-corrected chi connectivity index (χ2v) is 10.3. The molecule has 2 heterocycles. The van der Waals surface area contributed by atoms with E-state index in [0.717, 1.165) is 22.9 Å². The molecule has 1 N–H and O–H groups in total. The topological polar surface area (TPSA) is 74.8 Å². The van der Waals surface area contributed by atoms with Crippen molar-refractivity contribution in [1.29, 1.82) is 0 Å². The molecule has 0 aliphatic carbocycles. The lowest BCUT2D eigenvalue weighted by Crippen LogP contribution is -2.46. The van der Waals surface area contributed by atoms with E-state index in [9.17, 15) is 9.59 Å². The fourth-order valence-corrected chi connectivity index (χ4v) is 5.03. The van der Waals surface area contributed by atoms with Gasteiger partial charge in [-0.05, 0) is 44.5 Å². The first-order valence-corrected chi connectivity index (χ1v) is 11.9. The van der Waals surface area contributed by atoms with Gasteiger partial charge in [0.05, 0.1) is 12.7 Å². The average molecular weight is 459 g/mol. The molecule has 0 saturated carbocycles. The van der Waals surface area contributed by atoms with E-state index >= 15 is 0 Å². The molecule has 2 amide bonds.